The standard InChI is InChI=1S/C19H18O4/c1-2-23-19(22)16(11-17(20)21)18-14-9-5-3-7-12(14)13-8-4-6-10-15(13)18/h3-10,16,18H,2,11H2,1H3,(H,20,21)/t16-/m1/s1. The van der Waals surface area contributed by atoms with Crippen molar-refractivity contribution in [2.24, 2.45) is 5.92 Å². The lowest BCUT2D eigenvalue weighted by Crippen LogP contribution is -2.27. The highest BCUT2D eigenvalue weighted by atomic mass is 16.5. The Balaban J connectivity index is 2.12. The average Bonchev–Trinajstić information content (AvgIpc) is 2.87. The zero-order valence-electron chi connectivity index (χ0n) is 12.9. The number of carboxylic acids is 1. The van der Waals surface area contributed by atoms with Crippen LogP contribution in [0.5, 0.6) is 0 Å². The van der Waals surface area contributed by atoms with Crippen LogP contribution in [0.4, 0.5) is 0 Å². The average molecular weight is 310 g/mol. The molecule has 2 aromatic rings. The van der Waals surface area contributed by atoms with E-state index in [1.54, 1.807) is 6.92 Å². The maximum absolute atomic E-state index is 12.4. The van der Waals surface area contributed by atoms with E-state index < -0.39 is 17.9 Å². The fourth-order valence-electron chi connectivity index (χ4n) is 3.40. The van der Waals surface area contributed by atoms with Gasteiger partial charge < -0.3 is 9.84 Å². The van der Waals surface area contributed by atoms with E-state index in [1.807, 2.05) is 48.5 Å². The molecule has 1 N–H and O–H groups in total. The summed E-state index contributed by atoms with van der Waals surface area (Å²) in [7, 11) is 0. The Bertz CT molecular complexity index is 705. The molecule has 0 radical (unpaired) electrons. The summed E-state index contributed by atoms with van der Waals surface area (Å²) in [4.78, 5) is 23.7. The van der Waals surface area contributed by atoms with Gasteiger partial charge in [0.1, 0.15) is 0 Å². The van der Waals surface area contributed by atoms with E-state index in [1.165, 1.54) is 0 Å². The fraction of sp³-hybridized carbons (Fsp3) is 0.263. The first-order valence-electron chi connectivity index (χ1n) is 7.70. The number of hydrogen-bond acceptors (Lipinski definition) is 3. The normalized spacial score (nSPS) is 14.0. The van der Waals surface area contributed by atoms with Crippen LogP contribution in [-0.2, 0) is 14.3 Å². The van der Waals surface area contributed by atoms with Crippen molar-refractivity contribution in [3.63, 3.8) is 0 Å². The van der Waals surface area contributed by atoms with Crippen LogP contribution in [0.2, 0.25) is 0 Å². The molecule has 1 aliphatic carbocycles. The summed E-state index contributed by atoms with van der Waals surface area (Å²) in [5.74, 6) is -2.45. The first-order chi connectivity index (χ1) is 11.1. The number of esters is 1. The van der Waals surface area contributed by atoms with Crippen LogP contribution in [0.1, 0.15) is 30.4 Å². The number of carboxylic acid groups (broad SMARTS) is 1. The van der Waals surface area contributed by atoms with Crippen molar-refractivity contribution in [1.82, 2.24) is 0 Å². The molecule has 0 saturated heterocycles. The number of benzene rings is 2. The van der Waals surface area contributed by atoms with Crippen LogP contribution in [0.25, 0.3) is 11.1 Å². The maximum atomic E-state index is 12.4. The lowest BCUT2D eigenvalue weighted by molar-refractivity contribution is -0.153. The molecule has 0 unspecified atom stereocenters. The molecule has 1 atom stereocenters. The van der Waals surface area contributed by atoms with Crippen molar-refractivity contribution in [3.8, 4) is 11.1 Å². The molecular weight excluding hydrogens is 292 g/mol. The van der Waals surface area contributed by atoms with Crippen LogP contribution in [0, 0.1) is 5.92 Å². The molecule has 3 rings (SSSR count). The number of aliphatic carboxylic acids is 1. The topological polar surface area (TPSA) is 63.6 Å². The maximum Gasteiger partial charge on any atom is 0.310 e. The van der Waals surface area contributed by atoms with Gasteiger partial charge in [-0.3, -0.25) is 9.59 Å². The van der Waals surface area contributed by atoms with Gasteiger partial charge in [0, 0.05) is 5.92 Å². The first-order valence-corrected chi connectivity index (χ1v) is 7.70. The molecule has 1 aliphatic rings. The van der Waals surface area contributed by atoms with Crippen molar-refractivity contribution in [1.29, 1.82) is 0 Å². The molecule has 0 amide bonds. The second-order valence-electron chi connectivity index (χ2n) is 5.61. The van der Waals surface area contributed by atoms with E-state index in [-0.39, 0.29) is 18.9 Å². The summed E-state index contributed by atoms with van der Waals surface area (Å²) in [5, 5.41) is 9.25. The third-order valence-electron chi connectivity index (χ3n) is 4.27. The smallest absolute Gasteiger partial charge is 0.310 e. The minimum Gasteiger partial charge on any atom is -0.481 e. The van der Waals surface area contributed by atoms with E-state index in [4.69, 9.17) is 4.74 Å². The van der Waals surface area contributed by atoms with Crippen LogP contribution in [0.15, 0.2) is 48.5 Å². The van der Waals surface area contributed by atoms with Crippen LogP contribution in [0.3, 0.4) is 0 Å². The molecule has 0 fully saturated rings. The van der Waals surface area contributed by atoms with Crippen LogP contribution < -0.4 is 0 Å². The first kappa shape index (κ1) is 15.3. The summed E-state index contributed by atoms with van der Waals surface area (Å²) in [6, 6.07) is 15.7. The van der Waals surface area contributed by atoms with E-state index in [2.05, 4.69) is 0 Å². The summed E-state index contributed by atoms with van der Waals surface area (Å²) < 4.78 is 5.15. The van der Waals surface area contributed by atoms with E-state index in [0.717, 1.165) is 22.3 Å². The highest BCUT2D eigenvalue weighted by Crippen LogP contribution is 2.49. The van der Waals surface area contributed by atoms with Gasteiger partial charge in [0.05, 0.1) is 18.9 Å². The van der Waals surface area contributed by atoms with Gasteiger partial charge in [-0.15, -0.1) is 0 Å². The van der Waals surface area contributed by atoms with Gasteiger partial charge >= 0.3 is 11.9 Å². The molecule has 0 bridgehead atoms. The van der Waals surface area contributed by atoms with Crippen molar-refractivity contribution in [2.75, 3.05) is 6.61 Å². The molecule has 4 nitrogen and oxygen atoms in total. The molecule has 23 heavy (non-hydrogen) atoms. The predicted octanol–water partition coefficient (Wildman–Crippen LogP) is 3.45. The summed E-state index contributed by atoms with van der Waals surface area (Å²) in [6.45, 7) is 1.97. The Kier molecular flexibility index (Phi) is 4.15. The van der Waals surface area contributed by atoms with E-state index >= 15 is 0 Å². The second kappa shape index (κ2) is 6.24. The molecular formula is C19H18O4. The number of carbonyl (C=O) groups excluding carboxylic acids is 1. The van der Waals surface area contributed by atoms with Crippen molar-refractivity contribution >= 4 is 11.9 Å². The number of carbonyl (C=O) groups is 2. The second-order valence-corrected chi connectivity index (χ2v) is 5.61. The highest BCUT2D eigenvalue weighted by molar-refractivity contribution is 5.86. The fourth-order valence-corrected chi connectivity index (χ4v) is 3.40. The summed E-state index contributed by atoms with van der Waals surface area (Å²) >= 11 is 0. The van der Waals surface area contributed by atoms with Gasteiger partial charge in [0.25, 0.3) is 0 Å². The van der Waals surface area contributed by atoms with Gasteiger partial charge in [-0.2, -0.15) is 0 Å². The lowest BCUT2D eigenvalue weighted by atomic mass is 9.82. The molecule has 4 heteroatoms. The quantitative estimate of drug-likeness (QED) is 0.859. The lowest BCUT2D eigenvalue weighted by Gasteiger charge is -2.22. The number of fused-ring (bicyclic) bond motifs is 3. The molecule has 118 valence electrons. The zero-order chi connectivity index (χ0) is 16.4. The zero-order valence-corrected chi connectivity index (χ0v) is 12.9. The third-order valence-corrected chi connectivity index (χ3v) is 4.27. The summed E-state index contributed by atoms with van der Waals surface area (Å²) in [6.07, 6.45) is -0.244. The Morgan fingerprint density at radius 1 is 1.04 bits per heavy atom. The minimum absolute atomic E-state index is 0.241. The minimum atomic E-state index is -0.995. The Labute approximate surface area is 134 Å². The van der Waals surface area contributed by atoms with Gasteiger partial charge in [-0.05, 0) is 29.2 Å². The largest absolute Gasteiger partial charge is 0.481 e. The van der Waals surface area contributed by atoms with Gasteiger partial charge in [0.2, 0.25) is 0 Å². The Morgan fingerprint density at radius 2 is 1.57 bits per heavy atom. The van der Waals surface area contributed by atoms with Gasteiger partial charge in [-0.25, -0.2) is 0 Å². The Morgan fingerprint density at radius 3 is 2.04 bits per heavy atom. The number of rotatable bonds is 5. The number of hydrogen-bond donors (Lipinski definition) is 1. The van der Waals surface area contributed by atoms with E-state index in [9.17, 15) is 14.7 Å². The molecule has 0 saturated carbocycles. The monoisotopic (exact) mass is 310 g/mol. The number of ether oxygens (including phenoxy) is 1. The van der Waals surface area contributed by atoms with Crippen molar-refractivity contribution in [3.05, 3.63) is 59.7 Å². The van der Waals surface area contributed by atoms with Crippen LogP contribution >= 0.6 is 0 Å². The van der Waals surface area contributed by atoms with Crippen molar-refractivity contribution < 1.29 is 19.4 Å². The third kappa shape index (κ3) is 2.72. The summed E-state index contributed by atoms with van der Waals surface area (Å²) in [5.41, 5.74) is 4.11. The molecule has 2 aromatic carbocycles. The van der Waals surface area contributed by atoms with Gasteiger partial charge in [-0.1, -0.05) is 48.5 Å². The van der Waals surface area contributed by atoms with Crippen LogP contribution in [-0.4, -0.2) is 23.7 Å². The predicted molar refractivity (Wildman–Crippen MR) is 86.1 cm³/mol. The van der Waals surface area contributed by atoms with E-state index in [0.29, 0.717) is 0 Å². The molecule has 0 aliphatic heterocycles. The Hall–Kier alpha value is -2.62. The molecule has 0 heterocycles. The van der Waals surface area contributed by atoms with Gasteiger partial charge in [0.15, 0.2) is 0 Å². The highest BCUT2D eigenvalue weighted by Gasteiger charge is 2.39. The molecule has 0 aromatic heterocycles. The molecule has 0 spiro atoms. The SMILES string of the molecule is CCOC(=O)[C@H](CC(=O)O)C1c2ccccc2-c2ccccc21. The van der Waals surface area contributed by atoms with Crippen molar-refractivity contribution in [2.45, 2.75) is 19.3 Å².